The standard InChI is InChI=1S/C13H20N4O4/c1-8(6-9(2)18)7-16-13(19)10-4-5-15-12(14-3)11(10)17(20)21/h4-5,8-9,18H,6-7H2,1-3H3,(H,14,15)(H,16,19)/t8-,9+/m0/s1. The molecule has 0 unspecified atom stereocenters. The summed E-state index contributed by atoms with van der Waals surface area (Å²) in [6.45, 7) is 3.89. The average Bonchev–Trinajstić information content (AvgIpc) is 2.42. The molecule has 116 valence electrons. The third kappa shape index (κ3) is 4.67. The van der Waals surface area contributed by atoms with Crippen molar-refractivity contribution in [3.63, 3.8) is 0 Å². The van der Waals surface area contributed by atoms with E-state index >= 15 is 0 Å². The van der Waals surface area contributed by atoms with Gasteiger partial charge >= 0.3 is 5.69 Å². The highest BCUT2D eigenvalue weighted by atomic mass is 16.6. The van der Waals surface area contributed by atoms with E-state index in [2.05, 4.69) is 15.6 Å². The van der Waals surface area contributed by atoms with Crippen LogP contribution in [0.1, 0.15) is 30.6 Å². The fourth-order valence-electron chi connectivity index (χ4n) is 2.03. The maximum absolute atomic E-state index is 12.1. The van der Waals surface area contributed by atoms with Gasteiger partial charge in [-0.05, 0) is 25.3 Å². The highest BCUT2D eigenvalue weighted by Crippen LogP contribution is 2.25. The van der Waals surface area contributed by atoms with E-state index in [0.717, 1.165) is 0 Å². The SMILES string of the molecule is CNc1nccc(C(=O)NC[C@@H](C)C[C@@H](C)O)c1[N+](=O)[O-]. The molecule has 1 aromatic heterocycles. The number of hydrogen-bond acceptors (Lipinski definition) is 6. The Balaban J connectivity index is 2.85. The number of nitrogens with one attached hydrogen (secondary N) is 2. The molecule has 21 heavy (non-hydrogen) atoms. The van der Waals surface area contributed by atoms with Crippen LogP contribution in [0, 0.1) is 16.0 Å². The predicted molar refractivity (Wildman–Crippen MR) is 78.2 cm³/mol. The van der Waals surface area contributed by atoms with Crippen molar-refractivity contribution >= 4 is 17.4 Å². The second kappa shape index (κ2) is 7.53. The van der Waals surface area contributed by atoms with E-state index in [1.807, 2.05) is 6.92 Å². The van der Waals surface area contributed by atoms with E-state index < -0.39 is 16.9 Å². The third-order valence-electron chi connectivity index (χ3n) is 2.94. The molecule has 0 aliphatic carbocycles. The maximum atomic E-state index is 12.1. The van der Waals surface area contributed by atoms with Crippen LogP contribution in [0.25, 0.3) is 0 Å². The zero-order valence-corrected chi connectivity index (χ0v) is 12.3. The van der Waals surface area contributed by atoms with Crippen molar-refractivity contribution in [2.75, 3.05) is 18.9 Å². The van der Waals surface area contributed by atoms with Gasteiger partial charge in [-0.25, -0.2) is 4.98 Å². The molecule has 1 rings (SSSR count). The molecule has 0 bridgehead atoms. The summed E-state index contributed by atoms with van der Waals surface area (Å²) in [5.74, 6) is -0.415. The molecule has 0 aromatic carbocycles. The minimum absolute atomic E-state index is 0.0383. The first-order valence-corrected chi connectivity index (χ1v) is 6.64. The molecule has 0 aliphatic rings. The van der Waals surface area contributed by atoms with Gasteiger partial charge in [0, 0.05) is 19.8 Å². The summed E-state index contributed by atoms with van der Waals surface area (Å²) in [6.07, 6.45) is 1.43. The van der Waals surface area contributed by atoms with Crippen LogP contribution in [-0.4, -0.2) is 40.6 Å². The number of nitrogens with zero attached hydrogens (tertiary/aromatic N) is 2. The van der Waals surface area contributed by atoms with Gasteiger partial charge in [-0.2, -0.15) is 0 Å². The summed E-state index contributed by atoms with van der Waals surface area (Å²) in [6, 6.07) is 1.31. The molecule has 8 nitrogen and oxygen atoms in total. The first kappa shape index (κ1) is 16.8. The number of pyridine rings is 1. The normalized spacial score (nSPS) is 13.3. The monoisotopic (exact) mass is 296 g/mol. The van der Waals surface area contributed by atoms with E-state index in [-0.39, 0.29) is 23.0 Å². The molecule has 0 fully saturated rings. The highest BCUT2D eigenvalue weighted by Gasteiger charge is 2.25. The molecular weight excluding hydrogens is 276 g/mol. The molecule has 2 atom stereocenters. The summed E-state index contributed by atoms with van der Waals surface area (Å²) in [4.78, 5) is 26.4. The van der Waals surface area contributed by atoms with Crippen LogP contribution in [0.4, 0.5) is 11.5 Å². The fourth-order valence-corrected chi connectivity index (χ4v) is 2.03. The van der Waals surface area contributed by atoms with Gasteiger partial charge in [0.2, 0.25) is 5.82 Å². The lowest BCUT2D eigenvalue weighted by Crippen LogP contribution is -2.30. The van der Waals surface area contributed by atoms with Gasteiger partial charge in [0.25, 0.3) is 5.91 Å². The number of carbonyl (C=O) groups is 1. The van der Waals surface area contributed by atoms with E-state index in [1.54, 1.807) is 6.92 Å². The quantitative estimate of drug-likeness (QED) is 0.513. The lowest BCUT2D eigenvalue weighted by Gasteiger charge is -2.14. The first-order chi connectivity index (χ1) is 9.86. The number of nitro groups is 1. The number of rotatable bonds is 7. The van der Waals surface area contributed by atoms with Crippen molar-refractivity contribution in [2.24, 2.45) is 5.92 Å². The second-order valence-electron chi connectivity index (χ2n) is 4.96. The Bertz CT molecular complexity index is 519. The highest BCUT2D eigenvalue weighted by molar-refractivity contribution is 5.99. The van der Waals surface area contributed by atoms with Crippen LogP contribution in [-0.2, 0) is 0 Å². The number of aliphatic hydroxyl groups is 1. The molecule has 1 aromatic rings. The van der Waals surface area contributed by atoms with Gasteiger partial charge in [-0.3, -0.25) is 14.9 Å². The summed E-state index contributed by atoms with van der Waals surface area (Å²) < 4.78 is 0. The topological polar surface area (TPSA) is 117 Å². The number of aromatic nitrogens is 1. The number of anilines is 1. The van der Waals surface area contributed by atoms with Crippen molar-refractivity contribution in [1.82, 2.24) is 10.3 Å². The molecule has 0 saturated heterocycles. The summed E-state index contributed by atoms with van der Waals surface area (Å²) in [5.41, 5.74) is -0.385. The summed E-state index contributed by atoms with van der Waals surface area (Å²) in [7, 11) is 1.50. The number of carbonyl (C=O) groups excluding carboxylic acids is 1. The molecular formula is C13H20N4O4. The lowest BCUT2D eigenvalue weighted by atomic mass is 10.0. The minimum atomic E-state index is -0.632. The largest absolute Gasteiger partial charge is 0.393 e. The smallest absolute Gasteiger partial charge is 0.324 e. The molecule has 8 heteroatoms. The number of aliphatic hydroxyl groups excluding tert-OH is 1. The van der Waals surface area contributed by atoms with Crippen molar-refractivity contribution in [3.8, 4) is 0 Å². The molecule has 0 radical (unpaired) electrons. The Morgan fingerprint density at radius 2 is 2.19 bits per heavy atom. The van der Waals surface area contributed by atoms with E-state index in [4.69, 9.17) is 0 Å². The minimum Gasteiger partial charge on any atom is -0.393 e. The van der Waals surface area contributed by atoms with E-state index in [1.165, 1.54) is 19.3 Å². The van der Waals surface area contributed by atoms with Crippen LogP contribution in [0.5, 0.6) is 0 Å². The summed E-state index contributed by atoms with van der Waals surface area (Å²) >= 11 is 0. The second-order valence-corrected chi connectivity index (χ2v) is 4.96. The van der Waals surface area contributed by atoms with Gasteiger partial charge < -0.3 is 15.7 Å². The van der Waals surface area contributed by atoms with Crippen molar-refractivity contribution < 1.29 is 14.8 Å². The van der Waals surface area contributed by atoms with Gasteiger partial charge in [0.1, 0.15) is 5.56 Å². The van der Waals surface area contributed by atoms with Crippen LogP contribution >= 0.6 is 0 Å². The van der Waals surface area contributed by atoms with E-state index in [0.29, 0.717) is 13.0 Å². The van der Waals surface area contributed by atoms with Gasteiger partial charge in [0.05, 0.1) is 11.0 Å². The predicted octanol–water partition coefficient (Wildman–Crippen LogP) is 1.17. The molecule has 1 heterocycles. The summed E-state index contributed by atoms with van der Waals surface area (Å²) in [5, 5.41) is 25.6. The third-order valence-corrected chi connectivity index (χ3v) is 2.94. The molecule has 0 aliphatic heterocycles. The zero-order valence-electron chi connectivity index (χ0n) is 12.3. The van der Waals surface area contributed by atoms with Gasteiger partial charge in [-0.15, -0.1) is 0 Å². The Morgan fingerprint density at radius 1 is 1.52 bits per heavy atom. The van der Waals surface area contributed by atoms with Crippen molar-refractivity contribution in [1.29, 1.82) is 0 Å². The average molecular weight is 296 g/mol. The number of hydrogen-bond donors (Lipinski definition) is 3. The van der Waals surface area contributed by atoms with E-state index in [9.17, 15) is 20.0 Å². The van der Waals surface area contributed by atoms with Crippen LogP contribution in [0.15, 0.2) is 12.3 Å². The van der Waals surface area contributed by atoms with Crippen LogP contribution in [0.2, 0.25) is 0 Å². The van der Waals surface area contributed by atoms with Gasteiger partial charge in [0.15, 0.2) is 0 Å². The van der Waals surface area contributed by atoms with Gasteiger partial charge in [-0.1, -0.05) is 6.92 Å². The van der Waals surface area contributed by atoms with Crippen molar-refractivity contribution in [2.45, 2.75) is 26.4 Å². The Morgan fingerprint density at radius 3 is 2.71 bits per heavy atom. The van der Waals surface area contributed by atoms with Crippen molar-refractivity contribution in [3.05, 3.63) is 27.9 Å². The lowest BCUT2D eigenvalue weighted by molar-refractivity contribution is -0.384. The first-order valence-electron chi connectivity index (χ1n) is 6.64. The molecule has 0 spiro atoms. The molecule has 3 N–H and O–H groups in total. The number of amides is 1. The Kier molecular flexibility index (Phi) is 6.04. The molecule has 1 amide bonds. The van der Waals surface area contributed by atoms with Crippen LogP contribution < -0.4 is 10.6 Å². The fraction of sp³-hybridized carbons (Fsp3) is 0.538. The Hall–Kier alpha value is -2.22. The maximum Gasteiger partial charge on any atom is 0.324 e. The zero-order chi connectivity index (χ0) is 16.0. The molecule has 0 saturated carbocycles. The Labute approximate surface area is 122 Å². The van der Waals surface area contributed by atoms with Crippen LogP contribution in [0.3, 0.4) is 0 Å².